The minimum absolute atomic E-state index is 0.205. The number of amides is 2. The molecule has 2 amide bonds. The van der Waals surface area contributed by atoms with Gasteiger partial charge in [0.25, 0.3) is 11.8 Å². The smallest absolute Gasteiger partial charge is 0.259 e. The molecule has 9 nitrogen and oxygen atoms in total. The summed E-state index contributed by atoms with van der Waals surface area (Å²) in [5, 5.41) is 15.1. The van der Waals surface area contributed by atoms with Gasteiger partial charge >= 0.3 is 0 Å². The zero-order valence-electron chi connectivity index (χ0n) is 21.3. The van der Waals surface area contributed by atoms with E-state index in [0.717, 1.165) is 25.0 Å². The van der Waals surface area contributed by atoms with Gasteiger partial charge in [-0.1, -0.05) is 13.3 Å². The van der Waals surface area contributed by atoms with Crippen molar-refractivity contribution < 1.29 is 19.1 Å². The summed E-state index contributed by atoms with van der Waals surface area (Å²) in [7, 11) is 2.95. The fourth-order valence-electron chi connectivity index (χ4n) is 4.53. The third kappa shape index (κ3) is 4.51. The molecule has 1 aromatic heterocycles. The van der Waals surface area contributed by atoms with Gasteiger partial charge in [0.2, 0.25) is 5.88 Å². The van der Waals surface area contributed by atoms with Crippen LogP contribution >= 0.6 is 0 Å². The predicted molar refractivity (Wildman–Crippen MR) is 136 cm³/mol. The SMILES string of the molecule is CCCCC(C)=Nc1ccc(OC)c(C(=O)Nc2cnc(OC)cc2C(=O)NC23CC2(C#N)C3)c1C. The lowest BCUT2D eigenvalue weighted by Gasteiger charge is -2.16. The van der Waals surface area contributed by atoms with Gasteiger partial charge in [-0.15, -0.1) is 0 Å². The lowest BCUT2D eigenvalue weighted by atomic mass is 10.0. The van der Waals surface area contributed by atoms with Crippen molar-refractivity contribution in [2.45, 2.75) is 58.4 Å². The second-order valence-electron chi connectivity index (χ2n) is 9.55. The number of benzene rings is 1. The van der Waals surface area contributed by atoms with Crippen LogP contribution in [-0.4, -0.2) is 42.3 Å². The first-order chi connectivity index (χ1) is 17.2. The molecular weight excluding hydrogens is 458 g/mol. The van der Waals surface area contributed by atoms with E-state index >= 15 is 0 Å². The van der Waals surface area contributed by atoms with Crippen LogP contribution < -0.4 is 20.1 Å². The Labute approximate surface area is 210 Å². The minimum Gasteiger partial charge on any atom is -0.496 e. The van der Waals surface area contributed by atoms with Crippen molar-refractivity contribution in [2.24, 2.45) is 10.4 Å². The van der Waals surface area contributed by atoms with Crippen molar-refractivity contribution in [3.8, 4) is 17.7 Å². The molecule has 0 aliphatic heterocycles. The minimum atomic E-state index is -0.460. The number of nitriles is 1. The number of carbonyl (C=O) groups excluding carboxylic acids is 2. The van der Waals surface area contributed by atoms with Gasteiger partial charge in [-0.3, -0.25) is 14.6 Å². The Morgan fingerprint density at radius 2 is 1.97 bits per heavy atom. The van der Waals surface area contributed by atoms with Crippen LogP contribution in [0.25, 0.3) is 0 Å². The van der Waals surface area contributed by atoms with Gasteiger partial charge in [-0.05, 0) is 57.2 Å². The number of ether oxygens (including phenoxy) is 2. The van der Waals surface area contributed by atoms with Gasteiger partial charge in [0.1, 0.15) is 5.75 Å². The van der Waals surface area contributed by atoms with E-state index in [1.54, 1.807) is 6.07 Å². The van der Waals surface area contributed by atoms with Crippen LogP contribution in [0, 0.1) is 23.7 Å². The molecule has 36 heavy (non-hydrogen) atoms. The summed E-state index contributed by atoms with van der Waals surface area (Å²) in [6, 6.07) is 7.31. The number of rotatable bonds is 10. The number of aromatic nitrogens is 1. The third-order valence-electron chi connectivity index (χ3n) is 7.07. The topological polar surface area (TPSA) is 126 Å². The Morgan fingerprint density at radius 1 is 1.22 bits per heavy atom. The van der Waals surface area contributed by atoms with Crippen molar-refractivity contribution >= 4 is 28.9 Å². The molecule has 1 heterocycles. The first-order valence-electron chi connectivity index (χ1n) is 12.0. The van der Waals surface area contributed by atoms with Gasteiger partial charge < -0.3 is 20.1 Å². The van der Waals surface area contributed by atoms with Crippen LogP contribution in [-0.2, 0) is 0 Å². The van der Waals surface area contributed by atoms with E-state index in [4.69, 9.17) is 14.5 Å². The van der Waals surface area contributed by atoms with Gasteiger partial charge in [0.15, 0.2) is 0 Å². The number of unbranched alkanes of at least 4 members (excludes halogenated alkanes) is 1. The maximum Gasteiger partial charge on any atom is 0.259 e. The number of anilines is 1. The normalized spacial score (nSPS) is 21.6. The zero-order chi connectivity index (χ0) is 26.1. The van der Waals surface area contributed by atoms with Crippen molar-refractivity contribution in [1.82, 2.24) is 10.3 Å². The van der Waals surface area contributed by atoms with Crippen LogP contribution in [0.2, 0.25) is 0 Å². The van der Waals surface area contributed by atoms with E-state index in [2.05, 4.69) is 28.6 Å². The van der Waals surface area contributed by atoms with E-state index in [-0.39, 0.29) is 17.1 Å². The molecule has 2 N–H and O–H groups in total. The molecule has 2 aliphatic rings. The number of methoxy groups -OCH3 is 2. The Balaban J connectivity index is 1.63. The Bertz CT molecular complexity index is 1290. The highest BCUT2D eigenvalue weighted by molar-refractivity contribution is 6.11. The average molecular weight is 490 g/mol. The van der Waals surface area contributed by atoms with Crippen molar-refractivity contribution in [1.29, 1.82) is 5.26 Å². The van der Waals surface area contributed by atoms with Crippen LogP contribution in [0.15, 0.2) is 29.4 Å². The summed E-state index contributed by atoms with van der Waals surface area (Å²) in [6.07, 6.45) is 5.69. The maximum atomic E-state index is 13.5. The Morgan fingerprint density at radius 3 is 2.58 bits per heavy atom. The molecule has 188 valence electrons. The lowest BCUT2D eigenvalue weighted by Crippen LogP contribution is -2.32. The highest BCUT2D eigenvalue weighted by atomic mass is 16.5. The lowest BCUT2D eigenvalue weighted by molar-refractivity contribution is 0.0942. The highest BCUT2D eigenvalue weighted by Gasteiger charge is 2.85. The van der Waals surface area contributed by atoms with E-state index in [1.807, 2.05) is 19.9 Å². The molecule has 0 unspecified atom stereocenters. The Hall–Kier alpha value is -3.93. The molecular formula is C27H31N5O4. The highest BCUT2D eigenvalue weighted by Crippen LogP contribution is 2.78. The number of carbonyl (C=O) groups is 2. The first-order valence-corrected chi connectivity index (χ1v) is 12.0. The molecule has 0 saturated heterocycles. The molecule has 0 radical (unpaired) electrons. The quantitative estimate of drug-likeness (QED) is 0.465. The molecule has 9 heteroatoms. The number of aliphatic imine (C=N–C) groups is 1. The Kier molecular flexibility index (Phi) is 6.72. The predicted octanol–water partition coefficient (Wildman–Crippen LogP) is 4.73. The van der Waals surface area contributed by atoms with E-state index in [9.17, 15) is 14.9 Å². The van der Waals surface area contributed by atoms with Crippen LogP contribution in [0.5, 0.6) is 11.6 Å². The average Bonchev–Trinajstić information content (AvgIpc) is 3.69. The molecule has 0 bridgehead atoms. The first kappa shape index (κ1) is 25.2. The van der Waals surface area contributed by atoms with Crippen LogP contribution in [0.3, 0.4) is 0 Å². The molecule has 2 aromatic rings. The number of nitrogens with one attached hydrogen (secondary N) is 2. The third-order valence-corrected chi connectivity index (χ3v) is 7.07. The van der Waals surface area contributed by atoms with Crippen LogP contribution in [0.1, 0.15) is 72.2 Å². The molecule has 0 atom stereocenters. The summed E-state index contributed by atoms with van der Waals surface area (Å²) in [4.78, 5) is 35.5. The summed E-state index contributed by atoms with van der Waals surface area (Å²) in [6.45, 7) is 5.93. The van der Waals surface area contributed by atoms with Gasteiger partial charge in [0, 0.05) is 11.8 Å². The molecule has 0 spiro atoms. The number of hydrogen-bond acceptors (Lipinski definition) is 7. The fraction of sp³-hybridized carbons (Fsp3) is 0.444. The maximum absolute atomic E-state index is 13.5. The summed E-state index contributed by atoms with van der Waals surface area (Å²) in [5.41, 5.74) is 2.21. The number of hydrogen-bond donors (Lipinski definition) is 2. The number of pyridine rings is 1. The standard InChI is InChI=1S/C27H31N5O4/c1-6-7-8-16(2)30-19-9-10-21(35-4)23(17(19)3)25(34)31-20-12-29-22(36-5)11-18(20)24(33)32-27-13-26(27,14-27)15-28/h9-12H,6-8,13-14H2,1-5H3,(H,31,34)(H,32,33). The molecule has 4 rings (SSSR count). The van der Waals surface area contributed by atoms with E-state index in [1.165, 1.54) is 26.5 Å². The molecule has 2 saturated carbocycles. The fourth-order valence-corrected chi connectivity index (χ4v) is 4.53. The van der Waals surface area contributed by atoms with Crippen LogP contribution in [0.4, 0.5) is 11.4 Å². The van der Waals surface area contributed by atoms with Gasteiger partial charge in [-0.25, -0.2) is 4.98 Å². The van der Waals surface area contributed by atoms with E-state index < -0.39 is 22.8 Å². The summed E-state index contributed by atoms with van der Waals surface area (Å²) < 4.78 is 10.7. The second kappa shape index (κ2) is 9.61. The molecule has 1 aromatic carbocycles. The van der Waals surface area contributed by atoms with Gasteiger partial charge in [0.05, 0.1) is 59.9 Å². The monoisotopic (exact) mass is 489 g/mol. The van der Waals surface area contributed by atoms with Crippen molar-refractivity contribution in [2.75, 3.05) is 19.5 Å². The van der Waals surface area contributed by atoms with Crippen molar-refractivity contribution in [3.05, 3.63) is 41.1 Å². The molecule has 2 fully saturated rings. The van der Waals surface area contributed by atoms with E-state index in [0.29, 0.717) is 35.4 Å². The number of fused-ring (bicyclic) bond motifs is 1. The largest absolute Gasteiger partial charge is 0.496 e. The van der Waals surface area contributed by atoms with Crippen molar-refractivity contribution in [3.63, 3.8) is 0 Å². The van der Waals surface area contributed by atoms with Gasteiger partial charge in [-0.2, -0.15) is 5.26 Å². The summed E-state index contributed by atoms with van der Waals surface area (Å²) >= 11 is 0. The molecule has 2 aliphatic carbocycles. The summed E-state index contributed by atoms with van der Waals surface area (Å²) in [5.74, 6) is -0.206. The number of nitrogens with zero attached hydrogens (tertiary/aromatic N) is 3. The second-order valence-corrected chi connectivity index (χ2v) is 9.55. The zero-order valence-corrected chi connectivity index (χ0v) is 21.3.